The van der Waals surface area contributed by atoms with Crippen LogP contribution < -0.4 is 0 Å². The monoisotopic (exact) mass is 839 g/mol. The zero-order valence-corrected chi connectivity index (χ0v) is 37.4. The van der Waals surface area contributed by atoms with Crippen molar-refractivity contribution in [1.29, 1.82) is 0 Å². The maximum absolute atomic E-state index is 5.23. The molecule has 3 heterocycles. The maximum Gasteiger partial charge on any atom is 0.238 e. The van der Waals surface area contributed by atoms with Crippen molar-refractivity contribution in [2.24, 2.45) is 5.92 Å². The van der Waals surface area contributed by atoms with E-state index >= 15 is 0 Å². The number of benzene rings is 8. The topological polar surface area (TPSA) is 48.5 Å². The number of nitrogens with zero attached hydrogens (tertiary/aromatic N) is 5. The summed E-state index contributed by atoms with van der Waals surface area (Å²) in [6.07, 6.45) is 1.16. The first kappa shape index (κ1) is 39.0. The van der Waals surface area contributed by atoms with E-state index in [1.54, 1.807) is 0 Å². The van der Waals surface area contributed by atoms with E-state index in [4.69, 9.17) is 15.0 Å². The zero-order valence-electron chi connectivity index (χ0n) is 37.4. The molecule has 314 valence electrons. The van der Waals surface area contributed by atoms with Crippen molar-refractivity contribution in [3.8, 4) is 56.7 Å². The lowest BCUT2D eigenvalue weighted by molar-refractivity contribution is 0.234. The van der Waals surface area contributed by atoms with Crippen LogP contribution in [0.25, 0.3) is 100 Å². The van der Waals surface area contributed by atoms with Crippen LogP contribution in [0.4, 0.5) is 0 Å². The molecule has 0 spiro atoms. The molecule has 12 rings (SSSR count). The fourth-order valence-electron chi connectivity index (χ4n) is 11.0. The van der Waals surface area contributed by atoms with Crippen LogP contribution in [0, 0.1) is 5.92 Å². The van der Waals surface area contributed by atoms with Gasteiger partial charge < -0.3 is 4.57 Å². The van der Waals surface area contributed by atoms with E-state index in [1.807, 2.05) is 36.4 Å². The molecule has 0 radical (unpaired) electrons. The van der Waals surface area contributed by atoms with Gasteiger partial charge in [0, 0.05) is 38.4 Å². The Balaban J connectivity index is 1.05. The van der Waals surface area contributed by atoms with Gasteiger partial charge in [-0.05, 0) is 99.0 Å². The van der Waals surface area contributed by atoms with Crippen LogP contribution >= 0.6 is 0 Å². The number of hydrogen-bond donors (Lipinski definition) is 0. The van der Waals surface area contributed by atoms with Crippen molar-refractivity contribution in [2.45, 2.75) is 51.9 Å². The van der Waals surface area contributed by atoms with E-state index in [9.17, 15) is 0 Å². The lowest BCUT2D eigenvalue weighted by Gasteiger charge is -2.47. The molecule has 0 fully saturated rings. The van der Waals surface area contributed by atoms with Crippen molar-refractivity contribution in [3.05, 3.63) is 199 Å². The molecule has 0 saturated heterocycles. The fraction of sp³-hybridized carbons (Fsp3) is 0.150. The molecule has 3 aromatic heterocycles. The molecule has 1 aliphatic rings. The second-order valence-corrected chi connectivity index (χ2v) is 19.2. The number of fused-ring (bicyclic) bond motifs is 7. The summed E-state index contributed by atoms with van der Waals surface area (Å²) < 4.78 is 4.65. The highest BCUT2D eigenvalue weighted by molar-refractivity contribution is 6.19. The Morgan fingerprint density at radius 3 is 1.62 bits per heavy atom. The van der Waals surface area contributed by atoms with Gasteiger partial charge in [-0.1, -0.05) is 180 Å². The predicted molar refractivity (Wildman–Crippen MR) is 270 cm³/mol. The molecule has 65 heavy (non-hydrogen) atoms. The molecule has 1 aliphatic carbocycles. The molecule has 11 aromatic rings. The Morgan fingerprint density at radius 2 is 0.954 bits per heavy atom. The van der Waals surface area contributed by atoms with E-state index in [0.717, 1.165) is 56.1 Å². The van der Waals surface area contributed by atoms with Gasteiger partial charge in [-0.25, -0.2) is 4.98 Å². The summed E-state index contributed by atoms with van der Waals surface area (Å²) in [7, 11) is 0. The Morgan fingerprint density at radius 1 is 0.431 bits per heavy atom. The summed E-state index contributed by atoms with van der Waals surface area (Å²) in [5.74, 6) is 2.43. The van der Waals surface area contributed by atoms with Gasteiger partial charge in [-0.2, -0.15) is 9.97 Å². The molecule has 0 bridgehead atoms. The van der Waals surface area contributed by atoms with E-state index in [0.29, 0.717) is 23.5 Å². The lowest BCUT2D eigenvalue weighted by atomic mass is 9.57. The third-order valence-electron chi connectivity index (χ3n) is 14.4. The van der Waals surface area contributed by atoms with Gasteiger partial charge >= 0.3 is 0 Å². The average molecular weight is 840 g/mol. The largest absolute Gasteiger partial charge is 0.309 e. The standard InChI is InChI=1S/C60H49N5/c1-38-37-59(2,3)55-45(29-18-30-50(55)60(38,4)5)43-25-16-23-41(33-43)42-24-17-26-44(34-42)64-51-31-14-12-27-46(51)48-35-49-47-28-13-15-32-52(47)65(54(49)36-53(48)64)58-62-56(39-19-8-6-9-20-39)61-57(63-58)40-21-10-7-11-22-40/h6-36,38H,37H2,1-5H3. The van der Waals surface area contributed by atoms with E-state index in [2.05, 4.69) is 195 Å². The summed E-state index contributed by atoms with van der Waals surface area (Å²) in [6.45, 7) is 12.1. The average Bonchev–Trinajstić information content (AvgIpc) is 3.85. The first-order valence-electron chi connectivity index (χ1n) is 22.8. The minimum absolute atomic E-state index is 0.0718. The zero-order chi connectivity index (χ0) is 44.0. The summed E-state index contributed by atoms with van der Waals surface area (Å²) in [6, 6.07) is 67.7. The van der Waals surface area contributed by atoms with Crippen molar-refractivity contribution in [1.82, 2.24) is 24.1 Å². The first-order chi connectivity index (χ1) is 31.6. The molecule has 1 atom stereocenters. The van der Waals surface area contributed by atoms with Gasteiger partial charge in [0.1, 0.15) is 0 Å². The number of hydrogen-bond acceptors (Lipinski definition) is 3. The van der Waals surface area contributed by atoms with Crippen LogP contribution in [-0.2, 0) is 10.8 Å². The van der Waals surface area contributed by atoms with Crippen LogP contribution in [-0.4, -0.2) is 24.1 Å². The predicted octanol–water partition coefficient (Wildman–Crippen LogP) is 15.3. The summed E-state index contributed by atoms with van der Waals surface area (Å²) in [4.78, 5) is 15.5. The van der Waals surface area contributed by atoms with Gasteiger partial charge in [-0.15, -0.1) is 0 Å². The number of rotatable bonds is 6. The second kappa shape index (κ2) is 14.7. The maximum atomic E-state index is 5.23. The highest BCUT2D eigenvalue weighted by atomic mass is 15.2. The third-order valence-corrected chi connectivity index (χ3v) is 14.4. The molecule has 1 unspecified atom stereocenters. The lowest BCUT2D eigenvalue weighted by Crippen LogP contribution is -2.40. The van der Waals surface area contributed by atoms with Gasteiger partial charge in [-0.3, -0.25) is 4.57 Å². The van der Waals surface area contributed by atoms with E-state index in [1.165, 1.54) is 44.2 Å². The molecule has 0 aliphatic heterocycles. The number of para-hydroxylation sites is 2. The first-order valence-corrected chi connectivity index (χ1v) is 22.8. The molecular formula is C60H49N5. The minimum atomic E-state index is 0.0718. The molecular weight excluding hydrogens is 791 g/mol. The smallest absolute Gasteiger partial charge is 0.238 e. The second-order valence-electron chi connectivity index (χ2n) is 19.2. The molecule has 0 saturated carbocycles. The summed E-state index contributed by atoms with van der Waals surface area (Å²) >= 11 is 0. The SMILES string of the molecule is CC1CC(C)(C)c2c(-c3cccc(-c4cccc(-n5c6ccccc6c6cc7c8ccccc8n(-c8nc(-c9ccccc9)nc(-c9ccccc9)n8)c7cc65)c4)c3)cccc2C1(C)C. The summed E-state index contributed by atoms with van der Waals surface area (Å²) in [5.41, 5.74) is 15.5. The van der Waals surface area contributed by atoms with Gasteiger partial charge in [0.05, 0.1) is 22.1 Å². The fourth-order valence-corrected chi connectivity index (χ4v) is 11.0. The quantitative estimate of drug-likeness (QED) is 0.168. The molecule has 5 nitrogen and oxygen atoms in total. The minimum Gasteiger partial charge on any atom is -0.309 e. The van der Waals surface area contributed by atoms with Gasteiger partial charge in [0.15, 0.2) is 11.6 Å². The van der Waals surface area contributed by atoms with Crippen LogP contribution in [0.1, 0.15) is 52.2 Å². The van der Waals surface area contributed by atoms with Crippen molar-refractivity contribution >= 4 is 43.6 Å². The van der Waals surface area contributed by atoms with Crippen molar-refractivity contribution < 1.29 is 0 Å². The van der Waals surface area contributed by atoms with Crippen LogP contribution in [0.3, 0.4) is 0 Å². The van der Waals surface area contributed by atoms with Crippen molar-refractivity contribution in [3.63, 3.8) is 0 Å². The molecule has 5 heteroatoms. The Labute approximate surface area is 379 Å². The number of aromatic nitrogens is 5. The van der Waals surface area contributed by atoms with Crippen LogP contribution in [0.2, 0.25) is 0 Å². The van der Waals surface area contributed by atoms with Gasteiger partial charge in [0.2, 0.25) is 5.95 Å². The van der Waals surface area contributed by atoms with E-state index in [-0.39, 0.29) is 10.8 Å². The highest BCUT2D eigenvalue weighted by Crippen LogP contribution is 2.52. The molecule has 8 aromatic carbocycles. The third kappa shape index (κ3) is 6.24. The molecule has 0 amide bonds. The van der Waals surface area contributed by atoms with Gasteiger partial charge in [0.25, 0.3) is 0 Å². The Hall–Kier alpha value is -7.63. The normalized spacial score (nSPS) is 15.5. The Kier molecular flexibility index (Phi) is 8.83. The highest BCUT2D eigenvalue weighted by Gasteiger charge is 2.43. The van der Waals surface area contributed by atoms with Crippen LogP contribution in [0.15, 0.2) is 188 Å². The Bertz CT molecular complexity index is 3590. The summed E-state index contributed by atoms with van der Waals surface area (Å²) in [5, 5.41) is 4.70. The molecule has 0 N–H and O–H groups in total. The van der Waals surface area contributed by atoms with Crippen LogP contribution in [0.5, 0.6) is 0 Å². The van der Waals surface area contributed by atoms with Crippen molar-refractivity contribution in [2.75, 3.05) is 0 Å². The van der Waals surface area contributed by atoms with E-state index < -0.39 is 0 Å².